The first-order chi connectivity index (χ1) is 9.02. The summed E-state index contributed by atoms with van der Waals surface area (Å²) in [6.07, 6.45) is 0. The molecule has 2 aromatic carbocycles. The third kappa shape index (κ3) is 2.96. The van der Waals surface area contributed by atoms with Gasteiger partial charge in [-0.15, -0.1) is 0 Å². The topological polar surface area (TPSA) is 35.2 Å². The van der Waals surface area contributed by atoms with Crippen LogP contribution in [0.15, 0.2) is 40.9 Å². The van der Waals surface area contributed by atoms with Crippen molar-refractivity contribution >= 4 is 15.9 Å². The highest BCUT2D eigenvalue weighted by molar-refractivity contribution is 9.10. The second-order valence-corrected chi connectivity index (χ2v) is 5.30. The molecule has 19 heavy (non-hydrogen) atoms. The van der Waals surface area contributed by atoms with E-state index < -0.39 is 6.04 Å². The van der Waals surface area contributed by atoms with Gasteiger partial charge in [0.15, 0.2) is 0 Å². The van der Waals surface area contributed by atoms with Crippen molar-refractivity contribution in [2.75, 3.05) is 7.11 Å². The van der Waals surface area contributed by atoms with Crippen molar-refractivity contribution in [3.63, 3.8) is 0 Å². The normalized spacial score (nSPS) is 12.3. The Morgan fingerprint density at radius 3 is 2.53 bits per heavy atom. The molecule has 100 valence electrons. The van der Waals surface area contributed by atoms with E-state index in [2.05, 4.69) is 15.9 Å². The summed E-state index contributed by atoms with van der Waals surface area (Å²) in [6, 6.07) is 10.0. The summed E-state index contributed by atoms with van der Waals surface area (Å²) >= 11 is 3.39. The summed E-state index contributed by atoms with van der Waals surface area (Å²) in [5.74, 6) is 0.352. The zero-order valence-electron chi connectivity index (χ0n) is 10.8. The van der Waals surface area contributed by atoms with Crippen molar-refractivity contribution < 1.29 is 9.13 Å². The van der Waals surface area contributed by atoms with Gasteiger partial charge in [-0.05, 0) is 36.8 Å². The highest BCUT2D eigenvalue weighted by Gasteiger charge is 2.17. The number of benzene rings is 2. The van der Waals surface area contributed by atoms with Gasteiger partial charge in [0.1, 0.15) is 11.6 Å². The van der Waals surface area contributed by atoms with Gasteiger partial charge in [-0.25, -0.2) is 4.39 Å². The van der Waals surface area contributed by atoms with Gasteiger partial charge in [-0.1, -0.05) is 28.1 Å². The number of rotatable bonds is 3. The quantitative estimate of drug-likeness (QED) is 0.928. The van der Waals surface area contributed by atoms with Crippen LogP contribution in [0.1, 0.15) is 22.7 Å². The van der Waals surface area contributed by atoms with E-state index in [1.54, 1.807) is 13.2 Å². The Morgan fingerprint density at radius 1 is 1.16 bits per heavy atom. The van der Waals surface area contributed by atoms with Crippen LogP contribution in [0.5, 0.6) is 5.75 Å². The number of methoxy groups -OCH3 is 1. The van der Waals surface area contributed by atoms with Gasteiger partial charge in [-0.2, -0.15) is 0 Å². The van der Waals surface area contributed by atoms with E-state index in [-0.39, 0.29) is 5.82 Å². The summed E-state index contributed by atoms with van der Waals surface area (Å²) in [4.78, 5) is 0. The molecule has 2 nitrogen and oxygen atoms in total. The van der Waals surface area contributed by atoms with Crippen LogP contribution >= 0.6 is 15.9 Å². The lowest BCUT2D eigenvalue weighted by Crippen LogP contribution is -2.15. The van der Waals surface area contributed by atoms with E-state index >= 15 is 0 Å². The molecule has 0 amide bonds. The second kappa shape index (κ2) is 5.72. The van der Waals surface area contributed by atoms with Crippen LogP contribution < -0.4 is 10.5 Å². The van der Waals surface area contributed by atoms with Crippen LogP contribution in [-0.4, -0.2) is 7.11 Å². The Morgan fingerprint density at radius 2 is 1.89 bits per heavy atom. The molecular weight excluding hydrogens is 309 g/mol. The predicted octanol–water partition coefficient (Wildman–Crippen LogP) is 3.95. The van der Waals surface area contributed by atoms with E-state index in [1.165, 1.54) is 6.07 Å². The molecule has 0 heterocycles. The molecule has 0 aromatic heterocycles. The highest BCUT2D eigenvalue weighted by Crippen LogP contribution is 2.32. The van der Waals surface area contributed by atoms with Crippen LogP contribution in [0.25, 0.3) is 0 Å². The van der Waals surface area contributed by atoms with Gasteiger partial charge in [-0.3, -0.25) is 0 Å². The van der Waals surface area contributed by atoms with E-state index in [0.717, 1.165) is 15.6 Å². The molecule has 0 saturated heterocycles. The number of hydrogen-bond donors (Lipinski definition) is 1. The van der Waals surface area contributed by atoms with E-state index in [0.29, 0.717) is 11.3 Å². The van der Waals surface area contributed by atoms with Gasteiger partial charge < -0.3 is 10.5 Å². The molecule has 0 aliphatic heterocycles. The molecule has 1 unspecified atom stereocenters. The average molecular weight is 324 g/mol. The molecule has 1 atom stereocenters. The minimum absolute atomic E-state index is 0.297. The largest absolute Gasteiger partial charge is 0.496 e. The maximum atomic E-state index is 14.0. The fourth-order valence-corrected chi connectivity index (χ4v) is 2.38. The summed E-state index contributed by atoms with van der Waals surface area (Å²) < 4.78 is 20.2. The van der Waals surface area contributed by atoms with Crippen LogP contribution in [-0.2, 0) is 0 Å². The predicted molar refractivity (Wildman–Crippen MR) is 77.9 cm³/mol. The third-order valence-electron chi connectivity index (χ3n) is 3.02. The zero-order chi connectivity index (χ0) is 14.0. The van der Waals surface area contributed by atoms with Gasteiger partial charge in [0, 0.05) is 15.6 Å². The van der Waals surface area contributed by atoms with Gasteiger partial charge in [0.05, 0.1) is 13.2 Å². The molecule has 2 rings (SSSR count). The summed E-state index contributed by atoms with van der Waals surface area (Å²) in [5.41, 5.74) is 8.25. The highest BCUT2D eigenvalue weighted by atomic mass is 79.9. The van der Waals surface area contributed by atoms with E-state index in [1.807, 2.05) is 31.2 Å². The van der Waals surface area contributed by atoms with Crippen molar-refractivity contribution in [1.82, 2.24) is 0 Å². The molecule has 0 aliphatic carbocycles. The van der Waals surface area contributed by atoms with Crippen LogP contribution in [0, 0.1) is 12.7 Å². The molecule has 0 saturated carbocycles. The Bertz CT molecular complexity index is 601. The van der Waals surface area contributed by atoms with Crippen LogP contribution in [0.3, 0.4) is 0 Å². The number of hydrogen-bond acceptors (Lipinski definition) is 2. The molecule has 0 aliphatic rings. The SMILES string of the molecule is COc1ccc(Br)cc1C(N)c1ccc(C)cc1F. The maximum absolute atomic E-state index is 14.0. The van der Waals surface area contributed by atoms with Gasteiger partial charge >= 0.3 is 0 Å². The van der Waals surface area contributed by atoms with E-state index in [9.17, 15) is 4.39 Å². The van der Waals surface area contributed by atoms with Crippen molar-refractivity contribution in [3.8, 4) is 5.75 Å². The van der Waals surface area contributed by atoms with Crippen molar-refractivity contribution in [2.45, 2.75) is 13.0 Å². The fraction of sp³-hybridized carbons (Fsp3) is 0.200. The Balaban J connectivity index is 2.49. The summed E-state index contributed by atoms with van der Waals surface area (Å²) in [7, 11) is 1.57. The minimum Gasteiger partial charge on any atom is -0.496 e. The first kappa shape index (κ1) is 14.0. The van der Waals surface area contributed by atoms with Crippen LogP contribution in [0.4, 0.5) is 4.39 Å². The molecule has 0 bridgehead atoms. The second-order valence-electron chi connectivity index (χ2n) is 4.39. The number of halogens is 2. The Hall–Kier alpha value is -1.39. The third-order valence-corrected chi connectivity index (χ3v) is 3.51. The Labute approximate surface area is 120 Å². The zero-order valence-corrected chi connectivity index (χ0v) is 12.4. The number of nitrogens with two attached hydrogens (primary N) is 1. The smallest absolute Gasteiger partial charge is 0.128 e. The molecule has 0 spiro atoms. The van der Waals surface area contributed by atoms with Crippen molar-refractivity contribution in [2.24, 2.45) is 5.73 Å². The molecular formula is C15H15BrFNO. The van der Waals surface area contributed by atoms with Gasteiger partial charge in [0.25, 0.3) is 0 Å². The fourth-order valence-electron chi connectivity index (χ4n) is 2.00. The lowest BCUT2D eigenvalue weighted by Gasteiger charge is -2.17. The van der Waals surface area contributed by atoms with Crippen molar-refractivity contribution in [1.29, 1.82) is 0 Å². The molecule has 2 N–H and O–H groups in total. The van der Waals surface area contributed by atoms with E-state index in [4.69, 9.17) is 10.5 Å². The monoisotopic (exact) mass is 323 g/mol. The maximum Gasteiger partial charge on any atom is 0.128 e. The molecule has 0 fully saturated rings. The lowest BCUT2D eigenvalue weighted by molar-refractivity contribution is 0.407. The summed E-state index contributed by atoms with van der Waals surface area (Å²) in [5, 5.41) is 0. The molecule has 2 aromatic rings. The van der Waals surface area contributed by atoms with Gasteiger partial charge in [0.2, 0.25) is 0 Å². The summed E-state index contributed by atoms with van der Waals surface area (Å²) in [6.45, 7) is 1.85. The number of ether oxygens (including phenoxy) is 1. The Kier molecular flexibility index (Phi) is 4.22. The van der Waals surface area contributed by atoms with Crippen LogP contribution in [0.2, 0.25) is 0 Å². The minimum atomic E-state index is -0.562. The number of aryl methyl sites for hydroxylation is 1. The lowest BCUT2D eigenvalue weighted by atomic mass is 9.97. The first-order valence-corrected chi connectivity index (χ1v) is 6.67. The van der Waals surface area contributed by atoms with Crippen molar-refractivity contribution in [3.05, 3.63) is 63.4 Å². The molecule has 4 heteroatoms. The average Bonchev–Trinajstić information content (AvgIpc) is 2.38. The first-order valence-electron chi connectivity index (χ1n) is 5.88. The molecule has 0 radical (unpaired) electrons. The standard InChI is InChI=1S/C15H15BrFNO/c1-9-3-5-11(13(17)7-9)15(18)12-8-10(16)4-6-14(12)19-2/h3-8,15H,18H2,1-2H3.